The fourth-order valence-corrected chi connectivity index (χ4v) is 2.70. The maximum absolute atomic E-state index is 12.3. The summed E-state index contributed by atoms with van der Waals surface area (Å²) < 4.78 is 0. The topological polar surface area (TPSA) is 49.4 Å². The smallest absolute Gasteiger partial charge is 0.246 e. The molecule has 0 radical (unpaired) electrons. The Kier molecular flexibility index (Phi) is 3.97. The van der Waals surface area contributed by atoms with Crippen LogP contribution in [0.4, 0.5) is 0 Å². The molecular formula is C12H20N2O2S. The van der Waals surface area contributed by atoms with E-state index in [9.17, 15) is 9.59 Å². The lowest BCUT2D eigenvalue weighted by atomic mass is 10.0. The van der Waals surface area contributed by atoms with E-state index in [0.717, 1.165) is 25.0 Å². The highest BCUT2D eigenvalue weighted by atomic mass is 32.2. The minimum Gasteiger partial charge on any atom is -0.342 e. The van der Waals surface area contributed by atoms with Crippen molar-refractivity contribution in [1.29, 1.82) is 0 Å². The molecule has 2 rings (SSSR count). The lowest BCUT2D eigenvalue weighted by molar-refractivity contribution is -0.149. The number of hydrogen-bond donors (Lipinski definition) is 1. The summed E-state index contributed by atoms with van der Waals surface area (Å²) in [5.74, 6) is 1.56. The minimum atomic E-state index is -0.306. The SMILES string of the molecule is CSCCCN1C(=O)C(C2CC2)NC(=O)C1C. The number of rotatable bonds is 5. The molecule has 4 nitrogen and oxygen atoms in total. The van der Waals surface area contributed by atoms with Crippen molar-refractivity contribution >= 4 is 23.6 Å². The molecule has 2 atom stereocenters. The first-order valence-corrected chi connectivity index (χ1v) is 7.64. The summed E-state index contributed by atoms with van der Waals surface area (Å²) in [6.07, 6.45) is 5.16. The molecule has 0 aromatic carbocycles. The van der Waals surface area contributed by atoms with E-state index in [4.69, 9.17) is 0 Å². The average Bonchev–Trinajstić information content (AvgIpc) is 3.12. The van der Waals surface area contributed by atoms with Crippen molar-refractivity contribution in [1.82, 2.24) is 10.2 Å². The van der Waals surface area contributed by atoms with Gasteiger partial charge in [-0.3, -0.25) is 9.59 Å². The quantitative estimate of drug-likeness (QED) is 0.742. The van der Waals surface area contributed by atoms with Gasteiger partial charge < -0.3 is 10.2 Å². The Balaban J connectivity index is 1.99. The Morgan fingerprint density at radius 1 is 1.41 bits per heavy atom. The van der Waals surface area contributed by atoms with Crippen molar-refractivity contribution in [2.24, 2.45) is 5.92 Å². The lowest BCUT2D eigenvalue weighted by Gasteiger charge is -2.37. The molecule has 2 amide bonds. The molecule has 96 valence electrons. The summed E-state index contributed by atoms with van der Waals surface area (Å²) >= 11 is 1.77. The number of hydrogen-bond acceptors (Lipinski definition) is 3. The van der Waals surface area contributed by atoms with Crippen LogP contribution in [0.15, 0.2) is 0 Å². The number of piperazine rings is 1. The Hall–Kier alpha value is -0.710. The molecule has 1 aliphatic heterocycles. The molecule has 1 saturated carbocycles. The van der Waals surface area contributed by atoms with E-state index >= 15 is 0 Å². The van der Waals surface area contributed by atoms with Crippen LogP contribution in [0.25, 0.3) is 0 Å². The largest absolute Gasteiger partial charge is 0.342 e. The van der Waals surface area contributed by atoms with Crippen molar-refractivity contribution in [3.05, 3.63) is 0 Å². The van der Waals surface area contributed by atoms with Crippen molar-refractivity contribution in [2.45, 2.75) is 38.3 Å². The van der Waals surface area contributed by atoms with Gasteiger partial charge in [0.1, 0.15) is 12.1 Å². The number of carbonyl (C=O) groups excluding carboxylic acids is 2. The zero-order chi connectivity index (χ0) is 12.4. The van der Waals surface area contributed by atoms with Gasteiger partial charge in [0.15, 0.2) is 0 Å². The van der Waals surface area contributed by atoms with Crippen LogP contribution in [0.5, 0.6) is 0 Å². The number of nitrogens with one attached hydrogen (secondary N) is 1. The average molecular weight is 256 g/mol. The van der Waals surface area contributed by atoms with Crippen LogP contribution in [-0.4, -0.2) is 47.4 Å². The van der Waals surface area contributed by atoms with Gasteiger partial charge in [0.05, 0.1) is 0 Å². The highest BCUT2D eigenvalue weighted by Gasteiger charge is 2.45. The highest BCUT2D eigenvalue weighted by Crippen LogP contribution is 2.35. The first-order chi connectivity index (χ1) is 8.15. The zero-order valence-electron chi connectivity index (χ0n) is 10.4. The van der Waals surface area contributed by atoms with Crippen LogP contribution >= 0.6 is 11.8 Å². The zero-order valence-corrected chi connectivity index (χ0v) is 11.3. The van der Waals surface area contributed by atoms with Crippen LogP contribution in [0.3, 0.4) is 0 Å². The van der Waals surface area contributed by atoms with Crippen molar-refractivity contribution in [2.75, 3.05) is 18.6 Å². The Labute approximate surface area is 106 Å². The van der Waals surface area contributed by atoms with Gasteiger partial charge >= 0.3 is 0 Å². The molecule has 1 heterocycles. The molecule has 1 saturated heterocycles. The van der Waals surface area contributed by atoms with Crippen LogP contribution < -0.4 is 5.32 Å². The molecule has 0 spiro atoms. The van der Waals surface area contributed by atoms with Gasteiger partial charge in [-0.2, -0.15) is 11.8 Å². The molecule has 0 aromatic rings. The summed E-state index contributed by atoms with van der Waals surface area (Å²) in [6.45, 7) is 2.52. The normalized spacial score (nSPS) is 29.4. The number of nitrogens with zero attached hydrogens (tertiary/aromatic N) is 1. The minimum absolute atomic E-state index is 0.00523. The monoisotopic (exact) mass is 256 g/mol. The van der Waals surface area contributed by atoms with Crippen LogP contribution in [0, 0.1) is 5.92 Å². The van der Waals surface area contributed by atoms with E-state index in [1.807, 2.05) is 6.92 Å². The maximum atomic E-state index is 12.3. The second kappa shape index (κ2) is 5.29. The lowest BCUT2D eigenvalue weighted by Crippen LogP contribution is -2.63. The summed E-state index contributed by atoms with van der Waals surface area (Å²) in [5.41, 5.74) is 0. The third kappa shape index (κ3) is 2.76. The van der Waals surface area contributed by atoms with Gasteiger partial charge in [-0.15, -0.1) is 0 Å². The van der Waals surface area contributed by atoms with E-state index in [0.29, 0.717) is 12.5 Å². The van der Waals surface area contributed by atoms with E-state index in [1.54, 1.807) is 16.7 Å². The predicted molar refractivity (Wildman–Crippen MR) is 68.8 cm³/mol. The van der Waals surface area contributed by atoms with E-state index in [1.165, 1.54) is 0 Å². The molecule has 2 fully saturated rings. The second-order valence-electron chi connectivity index (χ2n) is 4.88. The predicted octanol–water partition coefficient (Wildman–Crippen LogP) is 0.865. The van der Waals surface area contributed by atoms with Gasteiger partial charge in [-0.05, 0) is 44.1 Å². The molecule has 2 aliphatic rings. The summed E-state index contributed by atoms with van der Waals surface area (Å²) in [6, 6.07) is -0.549. The van der Waals surface area contributed by atoms with Crippen molar-refractivity contribution in [3.8, 4) is 0 Å². The Morgan fingerprint density at radius 2 is 2.12 bits per heavy atom. The summed E-state index contributed by atoms with van der Waals surface area (Å²) in [5, 5.41) is 2.86. The summed E-state index contributed by atoms with van der Waals surface area (Å²) in [4.78, 5) is 25.8. The van der Waals surface area contributed by atoms with E-state index in [-0.39, 0.29) is 23.9 Å². The number of amides is 2. The molecule has 2 unspecified atom stereocenters. The second-order valence-corrected chi connectivity index (χ2v) is 5.86. The first-order valence-electron chi connectivity index (χ1n) is 6.25. The van der Waals surface area contributed by atoms with Gasteiger partial charge in [-0.1, -0.05) is 0 Å². The van der Waals surface area contributed by atoms with Gasteiger partial charge in [0.25, 0.3) is 0 Å². The molecule has 0 aromatic heterocycles. The Morgan fingerprint density at radius 3 is 2.71 bits per heavy atom. The van der Waals surface area contributed by atoms with Gasteiger partial charge in [0.2, 0.25) is 11.8 Å². The van der Waals surface area contributed by atoms with Crippen LogP contribution in [0.2, 0.25) is 0 Å². The van der Waals surface area contributed by atoms with Crippen LogP contribution in [-0.2, 0) is 9.59 Å². The van der Waals surface area contributed by atoms with Crippen LogP contribution in [0.1, 0.15) is 26.2 Å². The standard InChI is InChI=1S/C12H20N2O2S/c1-8-11(15)13-10(9-4-5-9)12(16)14(8)6-3-7-17-2/h8-10H,3-7H2,1-2H3,(H,13,15). The van der Waals surface area contributed by atoms with Gasteiger partial charge in [-0.25, -0.2) is 0 Å². The Bertz CT molecular complexity index is 318. The maximum Gasteiger partial charge on any atom is 0.246 e. The van der Waals surface area contributed by atoms with Crippen molar-refractivity contribution < 1.29 is 9.59 Å². The fourth-order valence-electron chi connectivity index (χ4n) is 2.28. The van der Waals surface area contributed by atoms with Gasteiger partial charge in [0, 0.05) is 6.54 Å². The number of thioether (sulfide) groups is 1. The number of carbonyl (C=O) groups is 2. The molecule has 1 N–H and O–H groups in total. The third-order valence-corrected chi connectivity index (χ3v) is 4.23. The molecule has 5 heteroatoms. The fraction of sp³-hybridized carbons (Fsp3) is 0.833. The molecule has 1 aliphatic carbocycles. The van der Waals surface area contributed by atoms with E-state index in [2.05, 4.69) is 11.6 Å². The highest BCUT2D eigenvalue weighted by molar-refractivity contribution is 7.98. The van der Waals surface area contributed by atoms with E-state index < -0.39 is 0 Å². The summed E-state index contributed by atoms with van der Waals surface area (Å²) in [7, 11) is 0. The first kappa shape index (κ1) is 12.7. The molecular weight excluding hydrogens is 236 g/mol. The molecule has 17 heavy (non-hydrogen) atoms. The molecule has 0 bridgehead atoms. The van der Waals surface area contributed by atoms with Crippen molar-refractivity contribution in [3.63, 3.8) is 0 Å². The third-order valence-electron chi connectivity index (χ3n) is 3.53.